The minimum Gasteiger partial charge on any atom is -0.444 e. The van der Waals surface area contributed by atoms with Crippen molar-refractivity contribution < 1.29 is 24.1 Å². The number of benzene rings is 1. The van der Waals surface area contributed by atoms with Crippen molar-refractivity contribution >= 4 is 6.09 Å². The fourth-order valence-electron chi connectivity index (χ4n) is 2.77. The fourth-order valence-corrected chi connectivity index (χ4v) is 2.77. The average Bonchev–Trinajstić information content (AvgIpc) is 2.75. The zero-order valence-corrected chi connectivity index (χ0v) is 13.0. The summed E-state index contributed by atoms with van der Waals surface area (Å²) in [7, 11) is 0. The lowest BCUT2D eigenvalue weighted by Crippen LogP contribution is -2.42. The summed E-state index contributed by atoms with van der Waals surface area (Å²) in [4.78, 5) is 13.6. The molecule has 1 aromatic rings. The van der Waals surface area contributed by atoms with Gasteiger partial charge in [-0.05, 0) is 38.5 Å². The Labute approximate surface area is 129 Å². The van der Waals surface area contributed by atoms with Gasteiger partial charge in [0.25, 0.3) is 0 Å². The van der Waals surface area contributed by atoms with E-state index in [9.17, 15) is 19.4 Å². The van der Waals surface area contributed by atoms with E-state index in [-0.39, 0.29) is 19.0 Å². The Morgan fingerprint density at radius 1 is 1.36 bits per heavy atom. The van der Waals surface area contributed by atoms with Gasteiger partial charge in [-0.3, -0.25) is 4.90 Å². The minimum absolute atomic E-state index is 0.0716. The van der Waals surface area contributed by atoms with E-state index in [1.165, 1.54) is 17.0 Å². The van der Waals surface area contributed by atoms with Crippen molar-refractivity contribution in [1.29, 1.82) is 0 Å². The summed E-state index contributed by atoms with van der Waals surface area (Å²) in [5.74, 6) is -0.848. The van der Waals surface area contributed by atoms with Crippen molar-refractivity contribution in [3.8, 4) is 0 Å². The molecule has 122 valence electrons. The summed E-state index contributed by atoms with van der Waals surface area (Å²) in [6.07, 6.45) is -1.41. The van der Waals surface area contributed by atoms with Crippen molar-refractivity contribution in [3.05, 3.63) is 35.6 Å². The first-order chi connectivity index (χ1) is 10.2. The molecule has 0 radical (unpaired) electrons. The van der Waals surface area contributed by atoms with Gasteiger partial charge in [0.2, 0.25) is 0 Å². The Bertz CT molecular complexity index is 526. The maximum atomic E-state index is 13.0. The van der Waals surface area contributed by atoms with Gasteiger partial charge in [0, 0.05) is 5.92 Å². The number of aliphatic hydroxyl groups is 2. The molecule has 1 fully saturated rings. The SMILES string of the molecule is CC(C)(C)OC(=O)N1C[C@H](O)[C@@H](c2ccc(F)cc2)[C@@H]1CO. The van der Waals surface area contributed by atoms with Crippen molar-refractivity contribution in [2.45, 2.75) is 44.4 Å². The molecular formula is C16H22FNO4. The zero-order chi connectivity index (χ0) is 16.5. The van der Waals surface area contributed by atoms with Crippen LogP contribution in [0.1, 0.15) is 32.3 Å². The first-order valence-corrected chi connectivity index (χ1v) is 7.27. The predicted octanol–water partition coefficient (Wildman–Crippen LogP) is 1.88. The Morgan fingerprint density at radius 2 is 1.95 bits per heavy atom. The topological polar surface area (TPSA) is 70.0 Å². The van der Waals surface area contributed by atoms with Gasteiger partial charge in [-0.15, -0.1) is 0 Å². The fraction of sp³-hybridized carbons (Fsp3) is 0.562. The van der Waals surface area contributed by atoms with Gasteiger partial charge >= 0.3 is 6.09 Å². The highest BCUT2D eigenvalue weighted by atomic mass is 19.1. The molecule has 5 nitrogen and oxygen atoms in total. The van der Waals surface area contributed by atoms with E-state index in [1.807, 2.05) is 0 Å². The van der Waals surface area contributed by atoms with Gasteiger partial charge in [0.05, 0.1) is 25.3 Å². The number of ether oxygens (including phenoxy) is 1. The minimum atomic E-state index is -0.838. The van der Waals surface area contributed by atoms with Crippen molar-refractivity contribution in [1.82, 2.24) is 4.90 Å². The molecule has 6 heteroatoms. The molecule has 0 spiro atoms. The zero-order valence-electron chi connectivity index (χ0n) is 13.0. The maximum absolute atomic E-state index is 13.0. The van der Waals surface area contributed by atoms with E-state index in [0.717, 1.165) is 0 Å². The number of β-amino-alcohol motifs (C(OH)–C–C–N with tert-alkyl or cyclic N) is 1. The van der Waals surface area contributed by atoms with Crippen LogP contribution in [0.15, 0.2) is 24.3 Å². The van der Waals surface area contributed by atoms with Gasteiger partial charge in [-0.1, -0.05) is 12.1 Å². The number of carbonyl (C=O) groups is 1. The molecule has 1 aliphatic rings. The van der Waals surface area contributed by atoms with Crippen LogP contribution in [-0.2, 0) is 4.74 Å². The third kappa shape index (κ3) is 3.56. The Balaban J connectivity index is 2.22. The number of halogens is 1. The lowest BCUT2D eigenvalue weighted by Gasteiger charge is -2.29. The van der Waals surface area contributed by atoms with Gasteiger partial charge in [0.1, 0.15) is 11.4 Å². The predicted molar refractivity (Wildman–Crippen MR) is 79.0 cm³/mol. The number of hydrogen-bond donors (Lipinski definition) is 2. The highest BCUT2D eigenvalue weighted by molar-refractivity contribution is 5.69. The van der Waals surface area contributed by atoms with E-state index in [0.29, 0.717) is 5.56 Å². The summed E-state index contributed by atoms with van der Waals surface area (Å²) in [5, 5.41) is 19.9. The monoisotopic (exact) mass is 311 g/mol. The third-order valence-electron chi connectivity index (χ3n) is 3.68. The number of rotatable bonds is 2. The molecule has 0 bridgehead atoms. The summed E-state index contributed by atoms with van der Waals surface area (Å²) in [5.41, 5.74) is 0.0229. The molecule has 1 aliphatic heterocycles. The number of hydrogen-bond acceptors (Lipinski definition) is 4. The second-order valence-corrected chi connectivity index (χ2v) is 6.53. The van der Waals surface area contributed by atoms with Crippen LogP contribution in [0.3, 0.4) is 0 Å². The summed E-state index contributed by atoms with van der Waals surface area (Å²) in [6.45, 7) is 5.02. The standard InChI is InChI=1S/C16H22FNO4/c1-16(2,3)22-15(21)18-8-13(20)14(12(18)9-19)10-4-6-11(17)7-5-10/h4-7,12-14,19-20H,8-9H2,1-3H3/t12-,13-,14-/m0/s1. The molecule has 2 N–H and O–H groups in total. The molecule has 1 heterocycles. The third-order valence-corrected chi connectivity index (χ3v) is 3.68. The van der Waals surface area contributed by atoms with Crippen LogP contribution in [0, 0.1) is 5.82 Å². The maximum Gasteiger partial charge on any atom is 0.410 e. The molecular weight excluding hydrogens is 289 g/mol. The van der Waals surface area contributed by atoms with Crippen LogP contribution in [0.4, 0.5) is 9.18 Å². The molecule has 1 aromatic carbocycles. The second kappa shape index (κ2) is 6.22. The summed E-state index contributed by atoms with van der Waals surface area (Å²) < 4.78 is 18.4. The highest BCUT2D eigenvalue weighted by Crippen LogP contribution is 2.34. The second-order valence-electron chi connectivity index (χ2n) is 6.53. The smallest absolute Gasteiger partial charge is 0.410 e. The Kier molecular flexibility index (Phi) is 4.72. The van der Waals surface area contributed by atoms with Crippen LogP contribution in [0.2, 0.25) is 0 Å². The van der Waals surface area contributed by atoms with Gasteiger partial charge in [-0.2, -0.15) is 0 Å². The Hall–Kier alpha value is -1.66. The van der Waals surface area contributed by atoms with E-state index in [4.69, 9.17) is 4.74 Å². The molecule has 0 unspecified atom stereocenters. The van der Waals surface area contributed by atoms with E-state index >= 15 is 0 Å². The van der Waals surface area contributed by atoms with Gasteiger partial charge in [-0.25, -0.2) is 9.18 Å². The number of aliphatic hydroxyl groups excluding tert-OH is 2. The number of nitrogens with zero attached hydrogens (tertiary/aromatic N) is 1. The molecule has 3 atom stereocenters. The van der Waals surface area contributed by atoms with Crippen molar-refractivity contribution in [2.24, 2.45) is 0 Å². The molecule has 0 aliphatic carbocycles. The van der Waals surface area contributed by atoms with E-state index < -0.39 is 29.8 Å². The van der Waals surface area contributed by atoms with Crippen LogP contribution < -0.4 is 0 Å². The lowest BCUT2D eigenvalue weighted by molar-refractivity contribution is 0.0157. The highest BCUT2D eigenvalue weighted by Gasteiger charge is 2.45. The van der Waals surface area contributed by atoms with Gasteiger partial charge < -0.3 is 14.9 Å². The van der Waals surface area contributed by atoms with Crippen LogP contribution in [0.25, 0.3) is 0 Å². The van der Waals surface area contributed by atoms with E-state index in [2.05, 4.69) is 0 Å². The molecule has 1 amide bonds. The lowest BCUT2D eigenvalue weighted by atomic mass is 9.90. The first-order valence-electron chi connectivity index (χ1n) is 7.27. The van der Waals surface area contributed by atoms with Crippen LogP contribution >= 0.6 is 0 Å². The summed E-state index contributed by atoms with van der Waals surface area (Å²) >= 11 is 0. The van der Waals surface area contributed by atoms with Gasteiger partial charge in [0.15, 0.2) is 0 Å². The quantitative estimate of drug-likeness (QED) is 0.875. The molecule has 0 aromatic heterocycles. The summed E-state index contributed by atoms with van der Waals surface area (Å²) in [6, 6.07) is 5.11. The van der Waals surface area contributed by atoms with Crippen molar-refractivity contribution in [2.75, 3.05) is 13.2 Å². The van der Waals surface area contributed by atoms with Crippen LogP contribution in [0.5, 0.6) is 0 Å². The molecule has 0 saturated carbocycles. The van der Waals surface area contributed by atoms with Crippen LogP contribution in [-0.4, -0.2) is 52.1 Å². The largest absolute Gasteiger partial charge is 0.444 e. The normalized spacial score (nSPS) is 25.4. The number of amides is 1. The van der Waals surface area contributed by atoms with Crippen molar-refractivity contribution in [3.63, 3.8) is 0 Å². The first kappa shape index (κ1) is 16.7. The molecule has 22 heavy (non-hydrogen) atoms. The van der Waals surface area contributed by atoms with E-state index in [1.54, 1.807) is 32.9 Å². The Morgan fingerprint density at radius 3 is 2.45 bits per heavy atom. The molecule has 1 saturated heterocycles. The average molecular weight is 311 g/mol. The molecule has 2 rings (SSSR count). The number of carbonyl (C=O) groups excluding carboxylic acids is 1. The number of likely N-dealkylation sites (tertiary alicyclic amines) is 1.